The van der Waals surface area contributed by atoms with Gasteiger partial charge in [0, 0.05) is 29.8 Å². The highest BCUT2D eigenvalue weighted by Crippen LogP contribution is 2.37. The molecule has 0 aliphatic rings. The standard InChI is InChI=1S/C22H22NO3/c1-26-21-14-12-18(13-15-21)16-23(22(25)17-24,19-8-4-2-5-9-19)20-10-6-3-7-11-20/h2-15,24H,16-17H2,1H3/q+1. The van der Waals surface area contributed by atoms with Gasteiger partial charge in [-0.2, -0.15) is 4.48 Å². The molecular formula is C22H22NO3+. The second kappa shape index (κ2) is 7.95. The fourth-order valence-corrected chi connectivity index (χ4v) is 3.20. The Morgan fingerprint density at radius 1 is 0.846 bits per heavy atom. The van der Waals surface area contributed by atoms with Gasteiger partial charge in [-0.1, -0.05) is 36.4 Å². The summed E-state index contributed by atoms with van der Waals surface area (Å²) >= 11 is 0. The van der Waals surface area contributed by atoms with Crippen LogP contribution in [-0.2, 0) is 11.3 Å². The first-order valence-electron chi connectivity index (χ1n) is 8.47. The Hall–Kier alpha value is -2.95. The Morgan fingerprint density at radius 3 is 1.77 bits per heavy atom. The van der Waals surface area contributed by atoms with Gasteiger partial charge >= 0.3 is 5.91 Å². The van der Waals surface area contributed by atoms with Crippen LogP contribution in [0.2, 0.25) is 0 Å². The second-order valence-electron chi connectivity index (χ2n) is 6.04. The van der Waals surface area contributed by atoms with Crippen LogP contribution in [0.25, 0.3) is 0 Å². The zero-order valence-electron chi connectivity index (χ0n) is 14.7. The van der Waals surface area contributed by atoms with E-state index in [0.29, 0.717) is 6.54 Å². The molecule has 0 saturated heterocycles. The van der Waals surface area contributed by atoms with E-state index < -0.39 is 6.61 Å². The summed E-state index contributed by atoms with van der Waals surface area (Å²) in [5.41, 5.74) is 2.60. The number of hydrogen-bond donors (Lipinski definition) is 1. The van der Waals surface area contributed by atoms with Crippen LogP contribution < -0.4 is 9.22 Å². The summed E-state index contributed by atoms with van der Waals surface area (Å²) in [5, 5.41) is 9.77. The fraction of sp³-hybridized carbons (Fsp3) is 0.136. The lowest BCUT2D eigenvalue weighted by Gasteiger charge is -2.34. The maximum atomic E-state index is 13.1. The van der Waals surface area contributed by atoms with Gasteiger partial charge in [-0.05, 0) is 24.3 Å². The predicted octanol–water partition coefficient (Wildman–Crippen LogP) is 4.05. The van der Waals surface area contributed by atoms with Crippen molar-refractivity contribution in [3.8, 4) is 5.75 Å². The summed E-state index contributed by atoms with van der Waals surface area (Å²) < 4.78 is 5.15. The smallest absolute Gasteiger partial charge is 0.349 e. The van der Waals surface area contributed by atoms with E-state index in [1.165, 1.54) is 0 Å². The molecule has 0 radical (unpaired) electrons. The molecule has 0 aliphatic carbocycles. The Bertz CT molecular complexity index is 806. The minimum atomic E-state index is -0.542. The number of amides is 1. The Kier molecular flexibility index (Phi) is 5.46. The first kappa shape index (κ1) is 17.9. The lowest BCUT2D eigenvalue weighted by atomic mass is 10.1. The molecule has 0 fully saturated rings. The zero-order chi connectivity index (χ0) is 18.4. The van der Waals surface area contributed by atoms with Gasteiger partial charge in [0.25, 0.3) is 0 Å². The van der Waals surface area contributed by atoms with Gasteiger partial charge in [0.2, 0.25) is 0 Å². The number of aliphatic hydroxyl groups excluding tert-OH is 1. The highest BCUT2D eigenvalue weighted by Gasteiger charge is 2.41. The van der Waals surface area contributed by atoms with E-state index in [1.54, 1.807) is 7.11 Å². The Balaban J connectivity index is 2.17. The monoisotopic (exact) mass is 348 g/mol. The minimum Gasteiger partial charge on any atom is -0.497 e. The highest BCUT2D eigenvalue weighted by atomic mass is 16.5. The van der Waals surface area contributed by atoms with Gasteiger partial charge in [-0.15, -0.1) is 0 Å². The number of carbonyl (C=O) groups excluding carboxylic acids is 1. The van der Waals surface area contributed by atoms with Crippen molar-refractivity contribution in [1.29, 1.82) is 0 Å². The van der Waals surface area contributed by atoms with Crippen LogP contribution in [0.3, 0.4) is 0 Å². The molecule has 4 heteroatoms. The SMILES string of the molecule is COc1ccc(C[N+](C(=O)CO)(c2ccccc2)c2ccccc2)cc1. The third-order valence-electron chi connectivity index (χ3n) is 4.53. The summed E-state index contributed by atoms with van der Waals surface area (Å²) in [6.45, 7) is -0.142. The van der Waals surface area contributed by atoms with Crippen LogP contribution in [0.5, 0.6) is 5.75 Å². The molecule has 1 N–H and O–H groups in total. The van der Waals surface area contributed by atoms with Crippen LogP contribution in [0, 0.1) is 0 Å². The number of nitrogens with zero attached hydrogens (tertiary/aromatic N) is 1. The molecule has 1 amide bonds. The van der Waals surface area contributed by atoms with Gasteiger partial charge in [-0.25, -0.2) is 4.79 Å². The van der Waals surface area contributed by atoms with Crippen molar-refractivity contribution in [2.75, 3.05) is 13.7 Å². The molecule has 0 aromatic heterocycles. The lowest BCUT2D eigenvalue weighted by molar-refractivity contribution is -0.131. The Morgan fingerprint density at radius 2 is 1.35 bits per heavy atom. The minimum absolute atomic E-state index is 0.0789. The number of para-hydroxylation sites is 2. The average Bonchev–Trinajstić information content (AvgIpc) is 2.73. The molecule has 132 valence electrons. The van der Waals surface area contributed by atoms with Crippen molar-refractivity contribution in [3.63, 3.8) is 0 Å². The second-order valence-corrected chi connectivity index (χ2v) is 6.04. The molecule has 0 bridgehead atoms. The maximum Gasteiger partial charge on any atom is 0.349 e. The summed E-state index contributed by atoms with van der Waals surface area (Å²) in [6, 6.07) is 26.8. The quantitative estimate of drug-likeness (QED) is 0.684. The number of benzene rings is 3. The van der Waals surface area contributed by atoms with Crippen LogP contribution >= 0.6 is 0 Å². The number of hydrogen-bond acceptors (Lipinski definition) is 3. The molecule has 0 spiro atoms. The summed E-state index contributed by atoms with van der Waals surface area (Å²) in [4.78, 5) is 13.1. The van der Waals surface area contributed by atoms with Crippen molar-refractivity contribution >= 4 is 17.3 Å². The van der Waals surface area contributed by atoms with E-state index in [4.69, 9.17) is 4.74 Å². The maximum absolute atomic E-state index is 13.1. The first-order chi connectivity index (χ1) is 12.7. The van der Waals surface area contributed by atoms with Crippen LogP contribution in [0.15, 0.2) is 84.9 Å². The van der Waals surface area contributed by atoms with Gasteiger partial charge in [0.05, 0.1) is 7.11 Å². The normalized spacial score (nSPS) is 11.2. The molecule has 4 nitrogen and oxygen atoms in total. The van der Waals surface area contributed by atoms with E-state index in [1.807, 2.05) is 84.9 Å². The van der Waals surface area contributed by atoms with Crippen LogP contribution in [0.1, 0.15) is 5.56 Å². The average molecular weight is 348 g/mol. The molecule has 3 aromatic carbocycles. The molecule has 0 heterocycles. The fourth-order valence-electron chi connectivity index (χ4n) is 3.20. The summed E-state index contributed by atoms with van der Waals surface area (Å²) in [7, 11) is 1.62. The molecule has 26 heavy (non-hydrogen) atoms. The molecular weight excluding hydrogens is 326 g/mol. The van der Waals surface area contributed by atoms with Crippen molar-refractivity contribution in [2.45, 2.75) is 6.54 Å². The number of rotatable bonds is 6. The predicted molar refractivity (Wildman–Crippen MR) is 103 cm³/mol. The van der Waals surface area contributed by atoms with Gasteiger partial charge in [-0.3, -0.25) is 0 Å². The van der Waals surface area contributed by atoms with Crippen molar-refractivity contribution < 1.29 is 14.6 Å². The van der Waals surface area contributed by atoms with E-state index >= 15 is 0 Å². The third kappa shape index (κ3) is 3.38. The van der Waals surface area contributed by atoms with E-state index in [0.717, 1.165) is 22.7 Å². The first-order valence-corrected chi connectivity index (χ1v) is 8.47. The molecule has 0 aliphatic heterocycles. The number of methoxy groups -OCH3 is 1. The topological polar surface area (TPSA) is 46.5 Å². The summed E-state index contributed by atoms with van der Waals surface area (Å²) in [6.07, 6.45) is 0. The van der Waals surface area contributed by atoms with E-state index in [2.05, 4.69) is 0 Å². The Labute approximate surface area is 153 Å². The summed E-state index contributed by atoms with van der Waals surface area (Å²) in [5.74, 6) is 0.484. The third-order valence-corrected chi connectivity index (χ3v) is 4.53. The number of ether oxygens (including phenoxy) is 1. The number of aliphatic hydroxyl groups is 1. The van der Waals surface area contributed by atoms with Crippen LogP contribution in [-0.4, -0.2) is 24.7 Å². The van der Waals surface area contributed by atoms with E-state index in [-0.39, 0.29) is 10.4 Å². The van der Waals surface area contributed by atoms with Gasteiger partial charge in [0.15, 0.2) is 6.61 Å². The molecule has 3 aromatic rings. The van der Waals surface area contributed by atoms with Crippen molar-refractivity contribution in [2.24, 2.45) is 0 Å². The van der Waals surface area contributed by atoms with Crippen molar-refractivity contribution in [3.05, 3.63) is 90.5 Å². The molecule has 0 atom stereocenters. The molecule has 0 unspecified atom stereocenters. The van der Waals surface area contributed by atoms with Gasteiger partial charge < -0.3 is 9.84 Å². The lowest BCUT2D eigenvalue weighted by Crippen LogP contribution is -2.50. The number of carbonyl (C=O) groups is 1. The number of quaternary nitrogens is 1. The highest BCUT2D eigenvalue weighted by molar-refractivity contribution is 5.95. The van der Waals surface area contributed by atoms with Crippen molar-refractivity contribution in [1.82, 2.24) is 4.48 Å². The van der Waals surface area contributed by atoms with E-state index in [9.17, 15) is 9.90 Å². The van der Waals surface area contributed by atoms with Gasteiger partial charge in [0.1, 0.15) is 23.7 Å². The largest absolute Gasteiger partial charge is 0.497 e. The van der Waals surface area contributed by atoms with Crippen LogP contribution in [0.4, 0.5) is 11.4 Å². The molecule has 0 saturated carbocycles. The zero-order valence-corrected chi connectivity index (χ0v) is 14.7. The molecule has 3 rings (SSSR count).